The second kappa shape index (κ2) is 6.86. The van der Waals surface area contributed by atoms with Crippen molar-refractivity contribution in [2.45, 2.75) is 24.2 Å². The van der Waals surface area contributed by atoms with Crippen LogP contribution in [0.4, 0.5) is 11.4 Å². The van der Waals surface area contributed by atoms with Gasteiger partial charge in [0.2, 0.25) is 0 Å². The zero-order valence-electron chi connectivity index (χ0n) is 11.1. The molecular formula is C11H13N2NaO5S. The summed E-state index contributed by atoms with van der Waals surface area (Å²) in [5.74, 6) is 0. The largest absolute Gasteiger partial charge is 1.00 e. The van der Waals surface area contributed by atoms with Crippen LogP contribution in [0.3, 0.4) is 0 Å². The van der Waals surface area contributed by atoms with Crippen LogP contribution in [0.2, 0.25) is 0 Å². The quantitative estimate of drug-likeness (QED) is 0.291. The Kier molecular flexibility index (Phi) is 5.96. The number of hydrogen-bond acceptors (Lipinski definition) is 6. The van der Waals surface area contributed by atoms with Gasteiger partial charge in [0.25, 0.3) is 5.69 Å². The molecule has 0 atom stereocenters. The molecule has 0 amide bonds. The fraction of sp³-hybridized carbons (Fsp3) is 0.455. The van der Waals surface area contributed by atoms with Gasteiger partial charge in [-0.3, -0.25) is 10.1 Å². The zero-order chi connectivity index (χ0) is 14.0. The zero-order valence-corrected chi connectivity index (χ0v) is 13.9. The number of anilines is 1. The number of nitro groups is 1. The number of piperidine rings is 1. The summed E-state index contributed by atoms with van der Waals surface area (Å²) >= 11 is 0. The molecule has 0 spiro atoms. The van der Waals surface area contributed by atoms with E-state index in [0.717, 1.165) is 25.3 Å². The summed E-state index contributed by atoms with van der Waals surface area (Å²) in [7, 11) is -4.73. The molecule has 9 heteroatoms. The molecule has 7 nitrogen and oxygen atoms in total. The predicted octanol–water partition coefficient (Wildman–Crippen LogP) is -1.51. The van der Waals surface area contributed by atoms with Crippen LogP contribution in [-0.4, -0.2) is 31.0 Å². The van der Waals surface area contributed by atoms with Crippen LogP contribution in [0.1, 0.15) is 19.3 Å². The Hall–Kier alpha value is -0.670. The second-order valence-electron chi connectivity index (χ2n) is 4.41. The van der Waals surface area contributed by atoms with Gasteiger partial charge in [0.05, 0.1) is 15.5 Å². The van der Waals surface area contributed by atoms with E-state index in [9.17, 15) is 23.1 Å². The van der Waals surface area contributed by atoms with Gasteiger partial charge in [-0.15, -0.1) is 0 Å². The minimum absolute atomic E-state index is 0. The number of nitrogens with zero attached hydrogens (tertiary/aromatic N) is 2. The minimum Gasteiger partial charge on any atom is -0.744 e. The van der Waals surface area contributed by atoms with E-state index in [4.69, 9.17) is 0 Å². The van der Waals surface area contributed by atoms with E-state index in [-0.39, 0.29) is 35.2 Å². The number of benzene rings is 1. The maximum atomic E-state index is 11.3. The fourth-order valence-electron chi connectivity index (χ4n) is 2.21. The number of non-ortho nitro benzene ring substituents is 1. The molecule has 0 saturated carbocycles. The molecule has 0 aromatic heterocycles. The summed E-state index contributed by atoms with van der Waals surface area (Å²) in [5, 5.41) is 10.7. The van der Waals surface area contributed by atoms with E-state index in [0.29, 0.717) is 13.1 Å². The van der Waals surface area contributed by atoms with Crippen LogP contribution in [0.25, 0.3) is 0 Å². The van der Waals surface area contributed by atoms with Gasteiger partial charge in [-0.2, -0.15) is 0 Å². The van der Waals surface area contributed by atoms with Crippen molar-refractivity contribution in [2.24, 2.45) is 0 Å². The summed E-state index contributed by atoms with van der Waals surface area (Å²) in [6.07, 6.45) is 2.88. The second-order valence-corrected chi connectivity index (χ2v) is 5.76. The third-order valence-corrected chi connectivity index (χ3v) is 3.99. The normalized spacial score (nSPS) is 15.6. The molecule has 104 valence electrons. The molecule has 1 aliphatic heterocycles. The first-order valence-corrected chi connectivity index (χ1v) is 7.30. The SMILES string of the molecule is O=[N+]([O-])c1ccc(N2CCCCC2)c(S(=O)(=O)[O-])c1.[Na+]. The molecule has 0 bridgehead atoms. The van der Waals surface area contributed by atoms with Crippen LogP contribution in [0, 0.1) is 10.1 Å². The molecule has 0 unspecified atom stereocenters. The van der Waals surface area contributed by atoms with Crippen LogP contribution in [0.15, 0.2) is 23.1 Å². The maximum absolute atomic E-state index is 11.3. The molecule has 20 heavy (non-hydrogen) atoms. The summed E-state index contributed by atoms with van der Waals surface area (Å²) in [5.41, 5.74) is -0.129. The Labute approximate surface area is 139 Å². The molecule has 1 aromatic carbocycles. The Balaban J connectivity index is 0.00000200. The molecule has 1 fully saturated rings. The van der Waals surface area contributed by atoms with Crippen LogP contribution >= 0.6 is 0 Å². The van der Waals surface area contributed by atoms with Crippen molar-refractivity contribution in [3.8, 4) is 0 Å². The summed E-state index contributed by atoms with van der Waals surface area (Å²) < 4.78 is 33.8. The van der Waals surface area contributed by atoms with Gasteiger partial charge in [0.1, 0.15) is 10.1 Å². The van der Waals surface area contributed by atoms with E-state index in [2.05, 4.69) is 0 Å². The van der Waals surface area contributed by atoms with Crippen molar-refractivity contribution in [2.75, 3.05) is 18.0 Å². The summed E-state index contributed by atoms with van der Waals surface area (Å²) in [4.78, 5) is 11.2. The van der Waals surface area contributed by atoms with E-state index in [1.54, 1.807) is 4.90 Å². The Morgan fingerprint density at radius 3 is 2.25 bits per heavy atom. The molecule has 1 aliphatic rings. The van der Waals surface area contributed by atoms with Crippen molar-refractivity contribution in [1.29, 1.82) is 0 Å². The van der Waals surface area contributed by atoms with Crippen LogP contribution < -0.4 is 34.5 Å². The third-order valence-electron chi connectivity index (χ3n) is 3.12. The Bertz CT molecular complexity index is 599. The molecule has 0 N–H and O–H groups in total. The monoisotopic (exact) mass is 308 g/mol. The van der Waals surface area contributed by atoms with Crippen molar-refractivity contribution in [1.82, 2.24) is 0 Å². The topological polar surface area (TPSA) is 104 Å². The number of hydrogen-bond donors (Lipinski definition) is 0. The summed E-state index contributed by atoms with van der Waals surface area (Å²) in [6.45, 7) is 1.31. The standard InChI is InChI=1S/C11H14N2O5S.Na/c14-13(15)9-4-5-10(11(8-9)19(16,17)18)12-6-2-1-3-7-12;/h4-5,8H,1-3,6-7H2,(H,16,17,18);/q;+1/p-1. The molecule has 0 radical (unpaired) electrons. The van der Waals surface area contributed by atoms with E-state index in [1.807, 2.05) is 0 Å². The van der Waals surface area contributed by atoms with Gasteiger partial charge in [-0.25, -0.2) is 8.42 Å². The molecular weight excluding hydrogens is 295 g/mol. The maximum Gasteiger partial charge on any atom is 1.00 e. The van der Waals surface area contributed by atoms with E-state index < -0.39 is 25.6 Å². The van der Waals surface area contributed by atoms with Gasteiger partial charge in [-0.1, -0.05) is 0 Å². The fourth-order valence-corrected chi connectivity index (χ4v) is 2.93. The third kappa shape index (κ3) is 3.92. The Morgan fingerprint density at radius 1 is 1.15 bits per heavy atom. The number of rotatable bonds is 3. The molecule has 0 aliphatic carbocycles. The first-order valence-electron chi connectivity index (χ1n) is 5.89. The Morgan fingerprint density at radius 2 is 1.75 bits per heavy atom. The molecule has 1 saturated heterocycles. The average molecular weight is 308 g/mol. The van der Waals surface area contributed by atoms with Crippen LogP contribution in [-0.2, 0) is 10.1 Å². The van der Waals surface area contributed by atoms with Crippen molar-refractivity contribution < 1.29 is 47.5 Å². The van der Waals surface area contributed by atoms with Gasteiger partial charge >= 0.3 is 29.6 Å². The van der Waals surface area contributed by atoms with Gasteiger partial charge in [0, 0.05) is 25.2 Å². The van der Waals surface area contributed by atoms with E-state index in [1.165, 1.54) is 12.1 Å². The minimum atomic E-state index is -4.73. The first-order chi connectivity index (χ1) is 8.89. The smallest absolute Gasteiger partial charge is 0.744 e. The van der Waals surface area contributed by atoms with Gasteiger partial charge in [0.15, 0.2) is 0 Å². The van der Waals surface area contributed by atoms with Crippen molar-refractivity contribution >= 4 is 21.5 Å². The molecule has 1 aromatic rings. The van der Waals surface area contributed by atoms with Crippen molar-refractivity contribution in [3.63, 3.8) is 0 Å². The van der Waals surface area contributed by atoms with Crippen LogP contribution in [0.5, 0.6) is 0 Å². The predicted molar refractivity (Wildman–Crippen MR) is 67.1 cm³/mol. The van der Waals surface area contributed by atoms with Gasteiger partial charge in [-0.05, 0) is 25.3 Å². The first kappa shape index (κ1) is 17.4. The van der Waals surface area contributed by atoms with Crippen molar-refractivity contribution in [3.05, 3.63) is 28.3 Å². The van der Waals surface area contributed by atoms with Gasteiger partial charge < -0.3 is 9.45 Å². The van der Waals surface area contributed by atoms with E-state index >= 15 is 0 Å². The number of nitro benzene ring substituents is 1. The molecule has 1 heterocycles. The average Bonchev–Trinajstić information content (AvgIpc) is 2.38. The summed E-state index contributed by atoms with van der Waals surface area (Å²) in [6, 6.07) is 3.40. The molecule has 2 rings (SSSR count).